The van der Waals surface area contributed by atoms with Crippen LogP contribution in [0.2, 0.25) is 0 Å². The molecule has 0 atom stereocenters. The van der Waals surface area contributed by atoms with Crippen molar-refractivity contribution in [3.63, 3.8) is 0 Å². The van der Waals surface area contributed by atoms with Gasteiger partial charge in [-0.3, -0.25) is 24.0 Å². The molecule has 1 aliphatic heterocycles. The molecule has 1 N–H and O–H groups in total. The number of carbonyl (C=O) groups excluding carboxylic acids is 3. The monoisotopic (exact) mass is 416 g/mol. The molecule has 2 aromatic carbocycles. The summed E-state index contributed by atoms with van der Waals surface area (Å²) in [6.45, 7) is -0.0569. The smallest absolute Gasteiger partial charge is 0.261 e. The minimum absolute atomic E-state index is 0.0287. The van der Waals surface area contributed by atoms with E-state index in [4.69, 9.17) is 4.74 Å². The second-order valence-corrected chi connectivity index (χ2v) is 8.26. The molecule has 3 amide bonds. The van der Waals surface area contributed by atoms with Gasteiger partial charge in [0.2, 0.25) is 15.9 Å². The van der Waals surface area contributed by atoms with Crippen LogP contribution in [-0.4, -0.2) is 49.9 Å². The molecule has 0 bridgehead atoms. The molecule has 9 heteroatoms. The fourth-order valence-electron chi connectivity index (χ4n) is 2.87. The number of carbonyl (C=O) groups is 3. The Morgan fingerprint density at radius 2 is 1.52 bits per heavy atom. The van der Waals surface area contributed by atoms with E-state index in [0.717, 1.165) is 4.90 Å². The molecule has 0 saturated carbocycles. The zero-order chi connectivity index (χ0) is 20.9. The molecule has 0 saturated heterocycles. The van der Waals surface area contributed by atoms with Gasteiger partial charge in [-0.25, -0.2) is 8.42 Å². The number of para-hydroxylation sites is 1. The Kier molecular flexibility index (Phi) is 6.28. The summed E-state index contributed by atoms with van der Waals surface area (Å²) in [5, 5.41) is 0. The second kappa shape index (κ2) is 8.87. The number of rotatable bonds is 9. The highest BCUT2D eigenvalue weighted by molar-refractivity contribution is 7.90. The molecule has 0 spiro atoms. The summed E-state index contributed by atoms with van der Waals surface area (Å²) in [5.74, 6) is -1.62. The number of hydrogen-bond donors (Lipinski definition) is 1. The number of nitrogens with zero attached hydrogens (tertiary/aromatic N) is 1. The maximum Gasteiger partial charge on any atom is 0.261 e. The third-order valence-electron chi connectivity index (χ3n) is 4.29. The topological polar surface area (TPSA) is 110 Å². The Labute approximate surface area is 168 Å². The zero-order valence-electron chi connectivity index (χ0n) is 15.5. The highest BCUT2D eigenvalue weighted by atomic mass is 32.2. The number of amides is 3. The van der Waals surface area contributed by atoms with E-state index in [-0.39, 0.29) is 30.7 Å². The molecule has 0 unspecified atom stereocenters. The van der Waals surface area contributed by atoms with E-state index in [0.29, 0.717) is 12.2 Å². The Bertz CT molecular complexity index is 985. The first-order valence-electron chi connectivity index (χ1n) is 9.04. The lowest BCUT2D eigenvalue weighted by Gasteiger charge is -2.14. The highest BCUT2D eigenvalue weighted by Crippen LogP contribution is 2.22. The van der Waals surface area contributed by atoms with Crippen LogP contribution in [0.3, 0.4) is 0 Å². The number of sulfonamides is 1. The van der Waals surface area contributed by atoms with Gasteiger partial charge in [0.15, 0.2) is 0 Å². The molecular formula is C20H20N2O6S. The number of fused-ring (bicyclic) bond motifs is 1. The molecule has 0 fully saturated rings. The Hall–Kier alpha value is -3.20. The van der Waals surface area contributed by atoms with Crippen LogP contribution in [-0.2, 0) is 14.8 Å². The van der Waals surface area contributed by atoms with Crippen molar-refractivity contribution in [3.8, 4) is 5.75 Å². The van der Waals surface area contributed by atoms with Gasteiger partial charge >= 0.3 is 0 Å². The van der Waals surface area contributed by atoms with Gasteiger partial charge in [-0.15, -0.1) is 0 Å². The van der Waals surface area contributed by atoms with Crippen LogP contribution in [0.5, 0.6) is 5.75 Å². The largest absolute Gasteiger partial charge is 0.494 e. The molecule has 3 rings (SSSR count). The lowest BCUT2D eigenvalue weighted by atomic mass is 10.1. The molecule has 29 heavy (non-hydrogen) atoms. The van der Waals surface area contributed by atoms with E-state index < -0.39 is 33.5 Å². The lowest BCUT2D eigenvalue weighted by molar-refractivity contribution is -0.119. The fourth-order valence-corrected chi connectivity index (χ4v) is 3.84. The van der Waals surface area contributed by atoms with Crippen molar-refractivity contribution in [2.45, 2.75) is 12.8 Å². The van der Waals surface area contributed by atoms with Gasteiger partial charge in [-0.05, 0) is 30.7 Å². The third kappa shape index (κ3) is 5.20. The van der Waals surface area contributed by atoms with Crippen molar-refractivity contribution in [2.75, 3.05) is 18.9 Å². The van der Waals surface area contributed by atoms with E-state index in [1.807, 2.05) is 22.9 Å². The van der Waals surface area contributed by atoms with Crippen LogP contribution in [0, 0.1) is 0 Å². The van der Waals surface area contributed by atoms with Crippen LogP contribution in [0.4, 0.5) is 0 Å². The molecular weight excluding hydrogens is 396 g/mol. The van der Waals surface area contributed by atoms with Gasteiger partial charge in [0.05, 0.1) is 23.5 Å². The molecule has 2 aromatic rings. The summed E-state index contributed by atoms with van der Waals surface area (Å²) < 4.78 is 31.7. The summed E-state index contributed by atoms with van der Waals surface area (Å²) in [5.41, 5.74) is 0.495. The molecule has 0 radical (unpaired) electrons. The van der Waals surface area contributed by atoms with E-state index in [9.17, 15) is 22.8 Å². The fraction of sp³-hybridized carbons (Fsp3) is 0.250. The molecule has 8 nitrogen and oxygen atoms in total. The standard InChI is InChI=1S/C20H20N2O6S/c23-18(11-6-13-28-15-7-2-1-3-8-15)21-29(26,27)14-12-22-19(24)16-9-4-5-10-17(16)20(22)25/h1-5,7-10H,6,11-14H2,(H,21,23). The van der Waals surface area contributed by atoms with E-state index >= 15 is 0 Å². The zero-order valence-corrected chi connectivity index (χ0v) is 16.4. The van der Waals surface area contributed by atoms with Gasteiger partial charge in [-0.1, -0.05) is 30.3 Å². The number of benzene rings is 2. The minimum atomic E-state index is -3.98. The summed E-state index contributed by atoms with van der Waals surface area (Å²) in [6.07, 6.45) is 0.313. The van der Waals surface area contributed by atoms with Crippen LogP contribution < -0.4 is 9.46 Å². The van der Waals surface area contributed by atoms with E-state index in [1.54, 1.807) is 24.3 Å². The van der Waals surface area contributed by atoms with E-state index in [1.165, 1.54) is 12.1 Å². The first-order chi connectivity index (χ1) is 13.9. The Morgan fingerprint density at radius 3 is 2.14 bits per heavy atom. The predicted molar refractivity (Wildman–Crippen MR) is 105 cm³/mol. The first kappa shape index (κ1) is 20.5. The average Bonchev–Trinajstić information content (AvgIpc) is 2.95. The van der Waals surface area contributed by atoms with Crippen LogP contribution >= 0.6 is 0 Å². The van der Waals surface area contributed by atoms with Gasteiger partial charge in [0, 0.05) is 13.0 Å². The van der Waals surface area contributed by atoms with Crippen molar-refractivity contribution >= 4 is 27.7 Å². The van der Waals surface area contributed by atoms with E-state index in [2.05, 4.69) is 0 Å². The average molecular weight is 416 g/mol. The normalized spacial score (nSPS) is 13.3. The Balaban J connectivity index is 1.43. The van der Waals surface area contributed by atoms with Crippen molar-refractivity contribution in [1.29, 1.82) is 0 Å². The summed E-state index contributed by atoms with van der Waals surface area (Å²) in [7, 11) is -3.98. The molecule has 1 aliphatic rings. The van der Waals surface area contributed by atoms with Crippen molar-refractivity contribution in [3.05, 3.63) is 65.7 Å². The Morgan fingerprint density at radius 1 is 0.931 bits per heavy atom. The lowest BCUT2D eigenvalue weighted by Crippen LogP contribution is -2.39. The SMILES string of the molecule is O=C(CCCOc1ccccc1)NS(=O)(=O)CCN1C(=O)c2ccccc2C1=O. The van der Waals surface area contributed by atoms with Crippen LogP contribution in [0.1, 0.15) is 33.6 Å². The van der Waals surface area contributed by atoms with Crippen molar-refractivity contribution in [1.82, 2.24) is 9.62 Å². The summed E-state index contributed by atoms with van der Waals surface area (Å²) in [6, 6.07) is 15.4. The maximum absolute atomic E-state index is 12.2. The quantitative estimate of drug-likeness (QED) is 0.491. The second-order valence-electron chi connectivity index (χ2n) is 6.42. The number of nitrogens with one attached hydrogen (secondary N) is 1. The summed E-state index contributed by atoms with van der Waals surface area (Å²) in [4.78, 5) is 37.3. The predicted octanol–water partition coefficient (Wildman–Crippen LogP) is 1.59. The minimum Gasteiger partial charge on any atom is -0.494 e. The van der Waals surface area contributed by atoms with Crippen LogP contribution in [0.25, 0.3) is 0 Å². The van der Waals surface area contributed by atoms with Gasteiger partial charge in [0.25, 0.3) is 11.8 Å². The maximum atomic E-state index is 12.2. The molecule has 1 heterocycles. The molecule has 152 valence electrons. The van der Waals surface area contributed by atoms with Crippen LogP contribution in [0.15, 0.2) is 54.6 Å². The highest BCUT2D eigenvalue weighted by Gasteiger charge is 2.35. The molecule has 0 aliphatic carbocycles. The number of hydrogen-bond acceptors (Lipinski definition) is 6. The third-order valence-corrected chi connectivity index (χ3v) is 5.55. The van der Waals surface area contributed by atoms with Crippen molar-refractivity contribution in [2.24, 2.45) is 0 Å². The van der Waals surface area contributed by atoms with Gasteiger partial charge in [0.1, 0.15) is 5.75 Å². The van der Waals surface area contributed by atoms with Gasteiger partial charge < -0.3 is 4.74 Å². The number of ether oxygens (including phenoxy) is 1. The van der Waals surface area contributed by atoms with Crippen molar-refractivity contribution < 1.29 is 27.5 Å². The van der Waals surface area contributed by atoms with Gasteiger partial charge in [-0.2, -0.15) is 0 Å². The first-order valence-corrected chi connectivity index (χ1v) is 10.7. The molecule has 0 aromatic heterocycles. The summed E-state index contributed by atoms with van der Waals surface area (Å²) >= 11 is 0. The number of imide groups is 1.